The first-order valence-electron chi connectivity index (χ1n) is 10.1. The highest BCUT2D eigenvalue weighted by Crippen LogP contribution is 2.18. The smallest absolute Gasteiger partial charge is 0.251 e. The fourth-order valence-corrected chi connectivity index (χ4v) is 3.43. The molecule has 0 radical (unpaired) electrons. The van der Waals surface area contributed by atoms with E-state index in [-0.39, 0.29) is 29.9 Å². The van der Waals surface area contributed by atoms with Crippen LogP contribution in [-0.2, 0) is 13.0 Å². The number of amides is 1. The number of carbonyl (C=O) groups excluding carboxylic acids is 1. The molecule has 1 aromatic heterocycles. The fraction of sp³-hybridized carbons (Fsp3) is 0.409. The maximum absolute atomic E-state index is 11.8. The van der Waals surface area contributed by atoms with Crippen LogP contribution in [0.3, 0.4) is 0 Å². The molecule has 0 unspecified atom stereocenters. The molecule has 1 aromatic carbocycles. The van der Waals surface area contributed by atoms with E-state index in [9.17, 15) is 4.79 Å². The quantitative estimate of drug-likeness (QED) is 0.296. The average Bonchev–Trinajstić information content (AvgIpc) is 3.31. The lowest BCUT2D eigenvalue weighted by Gasteiger charge is -2.17. The average molecular weight is 522 g/mol. The van der Waals surface area contributed by atoms with Gasteiger partial charge in [0.1, 0.15) is 5.82 Å². The van der Waals surface area contributed by atoms with Crippen molar-refractivity contribution in [3.8, 4) is 0 Å². The number of hydrogen-bond acceptors (Lipinski definition) is 4. The summed E-state index contributed by atoms with van der Waals surface area (Å²) < 4.78 is 0. The maximum Gasteiger partial charge on any atom is 0.251 e. The van der Waals surface area contributed by atoms with Crippen molar-refractivity contribution in [3.05, 3.63) is 59.3 Å². The lowest BCUT2D eigenvalue weighted by molar-refractivity contribution is 0.0963. The van der Waals surface area contributed by atoms with Gasteiger partial charge in [0.2, 0.25) is 0 Å². The Kier molecular flexibility index (Phi) is 9.85. The van der Waals surface area contributed by atoms with E-state index in [1.807, 2.05) is 36.5 Å². The predicted octanol–water partition coefficient (Wildman–Crippen LogP) is 2.57. The molecule has 1 aliphatic rings. The molecule has 162 valence electrons. The third kappa shape index (κ3) is 6.86. The number of anilines is 1. The van der Waals surface area contributed by atoms with Gasteiger partial charge in [-0.05, 0) is 54.7 Å². The molecule has 3 rings (SSSR count). The number of pyridine rings is 1. The monoisotopic (exact) mass is 522 g/mol. The molecule has 0 spiro atoms. The van der Waals surface area contributed by atoms with Crippen LogP contribution in [-0.4, -0.2) is 50.6 Å². The van der Waals surface area contributed by atoms with E-state index in [4.69, 9.17) is 0 Å². The molecular weight excluding hydrogens is 491 g/mol. The molecule has 0 atom stereocenters. The Morgan fingerprint density at radius 2 is 1.93 bits per heavy atom. The summed E-state index contributed by atoms with van der Waals surface area (Å²) in [4.78, 5) is 22.9. The molecular formula is C22H31IN6O. The minimum absolute atomic E-state index is 0. The van der Waals surface area contributed by atoms with Crippen LogP contribution in [0.5, 0.6) is 0 Å². The molecule has 8 heteroatoms. The number of hydrogen-bond donors (Lipinski definition) is 3. The van der Waals surface area contributed by atoms with Gasteiger partial charge in [0, 0.05) is 52.0 Å². The Morgan fingerprint density at radius 1 is 1.13 bits per heavy atom. The van der Waals surface area contributed by atoms with Crippen LogP contribution in [0.25, 0.3) is 0 Å². The van der Waals surface area contributed by atoms with E-state index in [1.165, 1.54) is 18.4 Å². The molecule has 2 aromatic rings. The summed E-state index contributed by atoms with van der Waals surface area (Å²) in [7, 11) is 3.41. The maximum atomic E-state index is 11.8. The number of benzene rings is 1. The Balaban J connectivity index is 0.00000320. The molecule has 3 N–H and O–H groups in total. The van der Waals surface area contributed by atoms with Gasteiger partial charge in [-0.1, -0.05) is 12.1 Å². The topological polar surface area (TPSA) is 81.6 Å². The van der Waals surface area contributed by atoms with Gasteiger partial charge in [0.25, 0.3) is 5.91 Å². The normalized spacial score (nSPS) is 13.5. The van der Waals surface area contributed by atoms with Gasteiger partial charge in [-0.25, -0.2) is 4.98 Å². The summed E-state index contributed by atoms with van der Waals surface area (Å²) in [6.45, 7) is 3.60. The van der Waals surface area contributed by atoms with Crippen molar-refractivity contribution in [2.75, 3.05) is 38.6 Å². The van der Waals surface area contributed by atoms with Crippen LogP contribution in [0, 0.1) is 0 Å². The molecule has 0 aliphatic carbocycles. The molecule has 1 saturated heterocycles. The van der Waals surface area contributed by atoms with Crippen molar-refractivity contribution in [2.45, 2.75) is 25.8 Å². The number of carbonyl (C=O) groups is 1. The fourth-order valence-electron chi connectivity index (χ4n) is 3.43. The SMILES string of the molecule is CN=C(NCCc1cccc(C(=O)NC)c1)NCc1ccnc(N2CCCC2)c1.I. The van der Waals surface area contributed by atoms with Gasteiger partial charge in [0.05, 0.1) is 0 Å². The zero-order valence-electron chi connectivity index (χ0n) is 17.6. The lowest BCUT2D eigenvalue weighted by Crippen LogP contribution is -2.37. The number of nitrogens with one attached hydrogen (secondary N) is 3. The first-order valence-corrected chi connectivity index (χ1v) is 10.1. The summed E-state index contributed by atoms with van der Waals surface area (Å²) >= 11 is 0. The summed E-state index contributed by atoms with van der Waals surface area (Å²) in [6.07, 6.45) is 5.17. The first-order chi connectivity index (χ1) is 14.2. The van der Waals surface area contributed by atoms with Gasteiger partial charge >= 0.3 is 0 Å². The van der Waals surface area contributed by atoms with E-state index in [2.05, 4.69) is 36.9 Å². The van der Waals surface area contributed by atoms with Gasteiger partial charge in [0.15, 0.2) is 5.96 Å². The number of aromatic nitrogens is 1. The standard InChI is InChI=1S/C22H30N6O.HI/c1-23-21(29)19-7-5-6-17(14-19)8-11-26-22(24-2)27-16-18-9-10-25-20(15-18)28-12-3-4-13-28;/h5-7,9-10,14-15H,3-4,8,11-13,16H2,1-2H3,(H,23,29)(H2,24,26,27);1H. The highest BCUT2D eigenvalue weighted by Gasteiger charge is 2.13. The van der Waals surface area contributed by atoms with E-state index >= 15 is 0 Å². The third-order valence-electron chi connectivity index (χ3n) is 5.05. The second kappa shape index (κ2) is 12.4. The van der Waals surface area contributed by atoms with Crippen LogP contribution >= 0.6 is 24.0 Å². The van der Waals surface area contributed by atoms with Crippen LogP contribution in [0.2, 0.25) is 0 Å². The summed E-state index contributed by atoms with van der Waals surface area (Å²) in [6, 6.07) is 11.9. The predicted molar refractivity (Wildman–Crippen MR) is 133 cm³/mol. The summed E-state index contributed by atoms with van der Waals surface area (Å²) in [5, 5.41) is 9.34. The van der Waals surface area contributed by atoms with Crippen molar-refractivity contribution < 1.29 is 4.79 Å². The van der Waals surface area contributed by atoms with E-state index in [1.54, 1.807) is 14.1 Å². The number of rotatable bonds is 7. The van der Waals surface area contributed by atoms with Crippen LogP contribution in [0.15, 0.2) is 47.6 Å². The van der Waals surface area contributed by atoms with Gasteiger partial charge in [-0.3, -0.25) is 9.79 Å². The van der Waals surface area contributed by atoms with Crippen LogP contribution < -0.4 is 20.9 Å². The summed E-state index contributed by atoms with van der Waals surface area (Å²) in [5.41, 5.74) is 2.97. The highest BCUT2D eigenvalue weighted by molar-refractivity contribution is 14.0. The zero-order chi connectivity index (χ0) is 20.5. The highest BCUT2D eigenvalue weighted by atomic mass is 127. The summed E-state index contributed by atoms with van der Waals surface area (Å²) in [5.74, 6) is 1.75. The van der Waals surface area contributed by atoms with Crippen molar-refractivity contribution in [3.63, 3.8) is 0 Å². The Labute approximate surface area is 195 Å². The zero-order valence-corrected chi connectivity index (χ0v) is 20.0. The molecule has 30 heavy (non-hydrogen) atoms. The molecule has 0 bridgehead atoms. The van der Waals surface area contributed by atoms with E-state index in [0.717, 1.165) is 43.4 Å². The minimum atomic E-state index is -0.0667. The van der Waals surface area contributed by atoms with Gasteiger partial charge in [-0.15, -0.1) is 24.0 Å². The van der Waals surface area contributed by atoms with E-state index < -0.39 is 0 Å². The van der Waals surface area contributed by atoms with Crippen molar-refractivity contribution in [1.29, 1.82) is 0 Å². The van der Waals surface area contributed by atoms with Crippen molar-refractivity contribution in [2.24, 2.45) is 4.99 Å². The lowest BCUT2D eigenvalue weighted by atomic mass is 10.1. The Hall–Kier alpha value is -2.36. The number of guanidine groups is 1. The Morgan fingerprint density at radius 3 is 2.67 bits per heavy atom. The molecule has 1 amide bonds. The van der Waals surface area contributed by atoms with Crippen molar-refractivity contribution >= 4 is 41.7 Å². The van der Waals surface area contributed by atoms with Crippen molar-refractivity contribution in [1.82, 2.24) is 20.9 Å². The number of aliphatic imine (C=N–C) groups is 1. The molecule has 1 fully saturated rings. The Bertz CT molecular complexity index is 851. The molecule has 7 nitrogen and oxygen atoms in total. The molecule has 0 saturated carbocycles. The van der Waals surface area contributed by atoms with Crippen LogP contribution in [0.1, 0.15) is 34.3 Å². The van der Waals surface area contributed by atoms with Gasteiger partial charge in [-0.2, -0.15) is 0 Å². The van der Waals surface area contributed by atoms with E-state index in [0.29, 0.717) is 12.1 Å². The second-order valence-corrected chi connectivity index (χ2v) is 7.10. The second-order valence-electron chi connectivity index (χ2n) is 7.10. The largest absolute Gasteiger partial charge is 0.357 e. The third-order valence-corrected chi connectivity index (χ3v) is 5.05. The molecule has 1 aliphatic heterocycles. The minimum Gasteiger partial charge on any atom is -0.357 e. The first kappa shape index (κ1) is 23.9. The number of halogens is 1. The number of nitrogens with zero attached hydrogens (tertiary/aromatic N) is 3. The van der Waals surface area contributed by atoms with Gasteiger partial charge < -0.3 is 20.9 Å². The molecule has 2 heterocycles. The van der Waals surface area contributed by atoms with Crippen LogP contribution in [0.4, 0.5) is 5.82 Å².